The first-order chi connectivity index (χ1) is 4.33. The highest BCUT2D eigenvalue weighted by Crippen LogP contribution is 2.03. The number of hydrogen-bond acceptors (Lipinski definition) is 2. The van der Waals surface area contributed by atoms with E-state index in [4.69, 9.17) is 17.3 Å². The molecule has 0 aliphatic carbocycles. The molecule has 0 aliphatic rings. The monoisotopic (exact) mass is 178 g/mol. The summed E-state index contributed by atoms with van der Waals surface area (Å²) >= 11 is 5.52. The average molecular weight is 179 g/mol. The summed E-state index contributed by atoms with van der Waals surface area (Å²) in [5.41, 5.74) is 6.32. The molecule has 2 nitrogen and oxygen atoms in total. The van der Waals surface area contributed by atoms with Crippen molar-refractivity contribution in [3.8, 4) is 0 Å². The van der Waals surface area contributed by atoms with Crippen molar-refractivity contribution in [1.82, 2.24) is 4.98 Å². The van der Waals surface area contributed by atoms with E-state index in [9.17, 15) is 0 Å². The van der Waals surface area contributed by atoms with Crippen molar-refractivity contribution in [2.75, 3.05) is 0 Å². The van der Waals surface area contributed by atoms with Crippen molar-refractivity contribution in [2.24, 2.45) is 5.73 Å². The highest BCUT2D eigenvalue weighted by atomic mass is 35.5. The lowest BCUT2D eigenvalue weighted by Gasteiger charge is -1.92. The molecule has 1 heterocycles. The van der Waals surface area contributed by atoms with E-state index in [0.29, 0.717) is 11.7 Å². The molecule has 1 aromatic heterocycles. The Morgan fingerprint density at radius 3 is 2.60 bits per heavy atom. The van der Waals surface area contributed by atoms with Crippen LogP contribution in [0.5, 0.6) is 0 Å². The van der Waals surface area contributed by atoms with Gasteiger partial charge in [0.15, 0.2) is 0 Å². The number of nitrogens with zero attached hydrogens (tertiary/aromatic N) is 1. The fraction of sp³-hybridized carbons (Fsp3) is 0.167. The molecule has 0 saturated heterocycles. The maximum absolute atomic E-state index is 5.52. The van der Waals surface area contributed by atoms with Gasteiger partial charge in [-0.15, -0.1) is 12.4 Å². The number of halogens is 2. The Bertz CT molecular complexity index is 185. The van der Waals surface area contributed by atoms with Crippen LogP contribution in [0, 0.1) is 0 Å². The van der Waals surface area contributed by atoms with Crippen LogP contribution in [-0.4, -0.2) is 4.98 Å². The predicted molar refractivity (Wildman–Crippen MR) is 44.4 cm³/mol. The van der Waals surface area contributed by atoms with Gasteiger partial charge in [-0.05, 0) is 11.6 Å². The van der Waals surface area contributed by atoms with Crippen LogP contribution in [0.4, 0.5) is 0 Å². The van der Waals surface area contributed by atoms with Crippen LogP contribution in [0.2, 0.25) is 5.15 Å². The summed E-state index contributed by atoms with van der Waals surface area (Å²) in [5.74, 6) is 0. The Kier molecular flexibility index (Phi) is 4.36. The number of aromatic nitrogens is 1. The minimum Gasteiger partial charge on any atom is -0.326 e. The van der Waals surface area contributed by atoms with Gasteiger partial charge in [-0.2, -0.15) is 0 Å². The van der Waals surface area contributed by atoms with Crippen molar-refractivity contribution in [3.63, 3.8) is 0 Å². The summed E-state index contributed by atoms with van der Waals surface area (Å²) in [6.45, 7) is 0.518. The normalized spacial score (nSPS) is 8.60. The van der Waals surface area contributed by atoms with Crippen LogP contribution in [0.1, 0.15) is 5.56 Å². The van der Waals surface area contributed by atoms with Crippen molar-refractivity contribution in [2.45, 2.75) is 6.54 Å². The molecule has 0 amide bonds. The minimum atomic E-state index is 0. The molecule has 4 heteroatoms. The van der Waals surface area contributed by atoms with E-state index in [0.717, 1.165) is 5.56 Å². The number of pyridine rings is 1. The standard InChI is InChI=1S/C6H7ClN2.ClH/c7-6-2-1-5(3-8)4-9-6;/h1-2,4H,3,8H2;1H. The van der Waals surface area contributed by atoms with Gasteiger partial charge in [0.25, 0.3) is 0 Å². The number of hydrogen-bond donors (Lipinski definition) is 1. The first-order valence-electron chi connectivity index (χ1n) is 2.63. The summed E-state index contributed by atoms with van der Waals surface area (Å²) in [4.78, 5) is 3.84. The molecular formula is C6H8Cl2N2. The molecule has 0 atom stereocenters. The lowest BCUT2D eigenvalue weighted by Crippen LogP contribution is -1.95. The van der Waals surface area contributed by atoms with E-state index in [1.54, 1.807) is 12.3 Å². The molecule has 0 spiro atoms. The lowest BCUT2D eigenvalue weighted by molar-refractivity contribution is 1.05. The van der Waals surface area contributed by atoms with Gasteiger partial charge in [0, 0.05) is 12.7 Å². The molecule has 56 valence electrons. The van der Waals surface area contributed by atoms with Gasteiger partial charge in [0.05, 0.1) is 0 Å². The molecule has 2 N–H and O–H groups in total. The van der Waals surface area contributed by atoms with Crippen LogP contribution >= 0.6 is 24.0 Å². The smallest absolute Gasteiger partial charge is 0.129 e. The highest BCUT2D eigenvalue weighted by molar-refractivity contribution is 6.29. The van der Waals surface area contributed by atoms with Gasteiger partial charge in [0.2, 0.25) is 0 Å². The Hall–Kier alpha value is -0.310. The van der Waals surface area contributed by atoms with Gasteiger partial charge in [-0.3, -0.25) is 0 Å². The zero-order valence-corrected chi connectivity index (χ0v) is 6.82. The Morgan fingerprint density at radius 2 is 2.20 bits per heavy atom. The van der Waals surface area contributed by atoms with Crippen LogP contribution in [0.15, 0.2) is 18.3 Å². The first-order valence-corrected chi connectivity index (χ1v) is 3.01. The third-order valence-corrected chi connectivity index (χ3v) is 1.25. The molecule has 0 unspecified atom stereocenters. The van der Waals surface area contributed by atoms with Crippen molar-refractivity contribution >= 4 is 24.0 Å². The topological polar surface area (TPSA) is 38.9 Å². The predicted octanol–water partition coefficient (Wildman–Crippen LogP) is 1.62. The Morgan fingerprint density at radius 1 is 1.50 bits per heavy atom. The fourth-order valence-electron chi connectivity index (χ4n) is 0.527. The molecule has 0 aromatic carbocycles. The lowest BCUT2D eigenvalue weighted by atomic mass is 10.3. The number of rotatable bonds is 1. The fourth-order valence-corrected chi connectivity index (χ4v) is 0.639. The van der Waals surface area contributed by atoms with Gasteiger partial charge in [-0.1, -0.05) is 17.7 Å². The highest BCUT2D eigenvalue weighted by Gasteiger charge is 1.87. The van der Waals surface area contributed by atoms with E-state index in [1.165, 1.54) is 0 Å². The molecule has 0 saturated carbocycles. The van der Waals surface area contributed by atoms with E-state index in [2.05, 4.69) is 4.98 Å². The SMILES string of the molecule is Cl.NCc1ccc(Cl)nc1. The third kappa shape index (κ3) is 2.52. The Labute approximate surface area is 70.8 Å². The zero-order valence-electron chi connectivity index (χ0n) is 5.25. The second kappa shape index (κ2) is 4.50. The van der Waals surface area contributed by atoms with Gasteiger partial charge in [-0.25, -0.2) is 4.98 Å². The van der Waals surface area contributed by atoms with Crippen molar-refractivity contribution in [3.05, 3.63) is 29.0 Å². The maximum atomic E-state index is 5.52. The maximum Gasteiger partial charge on any atom is 0.129 e. The van der Waals surface area contributed by atoms with E-state index in [-0.39, 0.29) is 12.4 Å². The molecule has 1 rings (SSSR count). The number of nitrogens with two attached hydrogens (primary N) is 1. The summed E-state index contributed by atoms with van der Waals surface area (Å²) in [7, 11) is 0. The van der Waals surface area contributed by atoms with Crippen LogP contribution in [0.3, 0.4) is 0 Å². The van der Waals surface area contributed by atoms with E-state index >= 15 is 0 Å². The summed E-state index contributed by atoms with van der Waals surface area (Å²) in [6, 6.07) is 3.58. The van der Waals surface area contributed by atoms with Crippen LogP contribution in [-0.2, 0) is 6.54 Å². The second-order valence-electron chi connectivity index (χ2n) is 1.69. The second-order valence-corrected chi connectivity index (χ2v) is 2.08. The molecule has 0 radical (unpaired) electrons. The van der Waals surface area contributed by atoms with Gasteiger partial charge < -0.3 is 5.73 Å². The quantitative estimate of drug-likeness (QED) is 0.665. The Balaban J connectivity index is 0.000000810. The van der Waals surface area contributed by atoms with Crippen molar-refractivity contribution < 1.29 is 0 Å². The first kappa shape index (κ1) is 9.69. The van der Waals surface area contributed by atoms with Gasteiger partial charge in [0.1, 0.15) is 5.15 Å². The summed E-state index contributed by atoms with van der Waals surface area (Å²) in [5, 5.41) is 0.507. The largest absolute Gasteiger partial charge is 0.326 e. The summed E-state index contributed by atoms with van der Waals surface area (Å²) in [6.07, 6.45) is 1.67. The van der Waals surface area contributed by atoms with Crippen LogP contribution < -0.4 is 5.73 Å². The summed E-state index contributed by atoms with van der Waals surface area (Å²) < 4.78 is 0. The van der Waals surface area contributed by atoms with Crippen molar-refractivity contribution in [1.29, 1.82) is 0 Å². The van der Waals surface area contributed by atoms with Gasteiger partial charge >= 0.3 is 0 Å². The minimum absolute atomic E-state index is 0. The van der Waals surface area contributed by atoms with E-state index < -0.39 is 0 Å². The average Bonchev–Trinajstić information content (AvgIpc) is 1.90. The molecule has 1 aromatic rings. The molecule has 10 heavy (non-hydrogen) atoms. The third-order valence-electron chi connectivity index (χ3n) is 1.02. The molecule has 0 bridgehead atoms. The molecule has 0 aliphatic heterocycles. The van der Waals surface area contributed by atoms with Crippen LogP contribution in [0.25, 0.3) is 0 Å². The molecule has 0 fully saturated rings. The zero-order chi connectivity index (χ0) is 6.69. The van der Waals surface area contributed by atoms with E-state index in [1.807, 2.05) is 6.07 Å². The molecular weight excluding hydrogens is 171 g/mol.